The Kier molecular flexibility index (Phi) is 3.15. The second-order valence-corrected chi connectivity index (χ2v) is 4.63. The van der Waals surface area contributed by atoms with E-state index in [-0.39, 0.29) is 0 Å². The van der Waals surface area contributed by atoms with Crippen molar-refractivity contribution in [2.75, 3.05) is 0 Å². The summed E-state index contributed by atoms with van der Waals surface area (Å²) in [4.78, 5) is 7.94. The maximum Gasteiger partial charge on any atom is 0.121 e. The molecule has 0 unspecified atom stereocenters. The molecule has 2 N–H and O–H groups in total. The first kappa shape index (κ1) is 12.7. The van der Waals surface area contributed by atoms with Crippen LogP contribution in [0.25, 0.3) is 0 Å². The van der Waals surface area contributed by atoms with Crippen molar-refractivity contribution in [1.82, 2.24) is 9.97 Å². The Balaban J connectivity index is 2.47. The maximum absolute atomic E-state index is 10.6. The number of hydrogen-bond donors (Lipinski definition) is 2. The van der Waals surface area contributed by atoms with Gasteiger partial charge in [-0.05, 0) is 26.0 Å². The predicted octanol–water partition coefficient (Wildman–Crippen LogP) is 1.59. The molecule has 2 heterocycles. The number of aromatic nitrogens is 2. The van der Waals surface area contributed by atoms with Crippen molar-refractivity contribution in [1.29, 1.82) is 0 Å². The van der Waals surface area contributed by atoms with Gasteiger partial charge in [-0.2, -0.15) is 0 Å². The minimum atomic E-state index is -1.45. The molecule has 0 aliphatic heterocycles. The van der Waals surface area contributed by atoms with Gasteiger partial charge in [0.15, 0.2) is 0 Å². The largest absolute Gasteiger partial charge is 0.382 e. The molecule has 0 saturated heterocycles. The lowest BCUT2D eigenvalue weighted by Crippen LogP contribution is -2.45. The highest BCUT2D eigenvalue weighted by atomic mass is 16.4. The lowest BCUT2D eigenvalue weighted by molar-refractivity contribution is -0.143. The Labute approximate surface area is 106 Å². The first-order valence-electron chi connectivity index (χ1n) is 5.72. The van der Waals surface area contributed by atoms with Crippen molar-refractivity contribution in [3.63, 3.8) is 0 Å². The zero-order valence-electron chi connectivity index (χ0n) is 10.4. The van der Waals surface area contributed by atoms with Crippen LogP contribution in [0.5, 0.6) is 0 Å². The molecule has 4 nitrogen and oxygen atoms in total. The van der Waals surface area contributed by atoms with Crippen LogP contribution in [0.15, 0.2) is 49.1 Å². The van der Waals surface area contributed by atoms with Gasteiger partial charge in [-0.3, -0.25) is 9.97 Å². The minimum Gasteiger partial charge on any atom is -0.382 e. The topological polar surface area (TPSA) is 66.2 Å². The predicted molar refractivity (Wildman–Crippen MR) is 67.6 cm³/mol. The molecule has 0 saturated carbocycles. The summed E-state index contributed by atoms with van der Waals surface area (Å²) in [6, 6.07) is 6.92. The number of hydrogen-bond acceptors (Lipinski definition) is 4. The highest BCUT2D eigenvalue weighted by Gasteiger charge is 2.44. The summed E-state index contributed by atoms with van der Waals surface area (Å²) in [7, 11) is 0. The third-order valence-corrected chi connectivity index (χ3v) is 3.40. The molecule has 0 amide bonds. The minimum absolute atomic E-state index is 0.554. The molecule has 94 valence electrons. The van der Waals surface area contributed by atoms with E-state index in [1.54, 1.807) is 62.9 Å². The van der Waals surface area contributed by atoms with Gasteiger partial charge in [0.1, 0.15) is 11.2 Å². The molecular weight excluding hydrogens is 228 g/mol. The van der Waals surface area contributed by atoms with E-state index in [2.05, 4.69) is 9.97 Å². The summed E-state index contributed by atoms with van der Waals surface area (Å²) >= 11 is 0. The van der Waals surface area contributed by atoms with Crippen LogP contribution in [0.3, 0.4) is 0 Å². The summed E-state index contributed by atoms with van der Waals surface area (Å²) in [5.41, 5.74) is -1.80. The Morgan fingerprint density at radius 2 is 1.22 bits per heavy atom. The van der Waals surface area contributed by atoms with Gasteiger partial charge in [0, 0.05) is 35.9 Å². The van der Waals surface area contributed by atoms with Crippen molar-refractivity contribution in [3.05, 3.63) is 60.2 Å². The molecule has 0 spiro atoms. The van der Waals surface area contributed by atoms with Crippen molar-refractivity contribution in [2.45, 2.75) is 25.0 Å². The van der Waals surface area contributed by atoms with E-state index in [1.807, 2.05) is 0 Å². The van der Waals surface area contributed by atoms with Crippen LogP contribution in [-0.4, -0.2) is 20.2 Å². The molecule has 0 bridgehead atoms. The van der Waals surface area contributed by atoms with Crippen LogP contribution in [0.4, 0.5) is 0 Å². The third kappa shape index (κ3) is 2.00. The van der Waals surface area contributed by atoms with E-state index in [4.69, 9.17) is 0 Å². The van der Waals surface area contributed by atoms with Crippen LogP contribution in [-0.2, 0) is 11.2 Å². The quantitative estimate of drug-likeness (QED) is 0.860. The zero-order chi connectivity index (χ0) is 13.2. The van der Waals surface area contributed by atoms with Gasteiger partial charge in [-0.1, -0.05) is 12.1 Å². The lowest BCUT2D eigenvalue weighted by Gasteiger charge is -2.38. The number of rotatable bonds is 3. The summed E-state index contributed by atoms with van der Waals surface area (Å²) in [6.45, 7) is 3.13. The number of pyridine rings is 2. The Hall–Kier alpha value is -1.78. The first-order chi connectivity index (χ1) is 8.46. The average Bonchev–Trinajstić information content (AvgIpc) is 2.40. The fourth-order valence-corrected chi connectivity index (χ4v) is 1.86. The van der Waals surface area contributed by atoms with Gasteiger partial charge in [0.25, 0.3) is 0 Å². The smallest absolute Gasteiger partial charge is 0.121 e. The van der Waals surface area contributed by atoms with Crippen LogP contribution >= 0.6 is 0 Å². The molecule has 0 aromatic carbocycles. The van der Waals surface area contributed by atoms with Crippen LogP contribution in [0.2, 0.25) is 0 Å². The van der Waals surface area contributed by atoms with E-state index in [0.717, 1.165) is 0 Å². The standard InChI is InChI=1S/C14H16N2O2/c1-13(17,11-5-3-7-15-9-11)14(2,18)12-6-4-8-16-10-12/h3-10,17-18H,1-2H3/t13-,14-/m0/s1. The fourth-order valence-electron chi connectivity index (χ4n) is 1.86. The second kappa shape index (κ2) is 4.48. The summed E-state index contributed by atoms with van der Waals surface area (Å²) < 4.78 is 0. The van der Waals surface area contributed by atoms with Crippen LogP contribution in [0.1, 0.15) is 25.0 Å². The zero-order valence-corrected chi connectivity index (χ0v) is 10.4. The molecule has 2 rings (SSSR count). The van der Waals surface area contributed by atoms with Gasteiger partial charge in [-0.25, -0.2) is 0 Å². The van der Waals surface area contributed by atoms with Crippen molar-refractivity contribution in [3.8, 4) is 0 Å². The van der Waals surface area contributed by atoms with E-state index in [9.17, 15) is 10.2 Å². The normalized spacial score (nSPS) is 17.8. The lowest BCUT2D eigenvalue weighted by atomic mass is 9.77. The van der Waals surface area contributed by atoms with E-state index in [1.165, 1.54) is 0 Å². The van der Waals surface area contributed by atoms with Crippen LogP contribution in [0, 0.1) is 0 Å². The van der Waals surface area contributed by atoms with Gasteiger partial charge in [-0.15, -0.1) is 0 Å². The van der Waals surface area contributed by atoms with E-state index >= 15 is 0 Å². The summed E-state index contributed by atoms with van der Waals surface area (Å²) in [5, 5.41) is 21.3. The summed E-state index contributed by atoms with van der Waals surface area (Å²) in [5.74, 6) is 0. The Bertz CT molecular complexity index is 460. The van der Waals surface area contributed by atoms with E-state index in [0.29, 0.717) is 11.1 Å². The molecule has 0 aliphatic carbocycles. The third-order valence-electron chi connectivity index (χ3n) is 3.40. The van der Waals surface area contributed by atoms with Gasteiger partial charge >= 0.3 is 0 Å². The number of nitrogens with zero attached hydrogens (tertiary/aromatic N) is 2. The van der Waals surface area contributed by atoms with Crippen LogP contribution < -0.4 is 0 Å². The van der Waals surface area contributed by atoms with Gasteiger partial charge in [0.2, 0.25) is 0 Å². The Morgan fingerprint density at radius 1 is 0.833 bits per heavy atom. The fraction of sp³-hybridized carbons (Fsp3) is 0.286. The molecular formula is C14H16N2O2. The van der Waals surface area contributed by atoms with Crippen molar-refractivity contribution in [2.24, 2.45) is 0 Å². The monoisotopic (exact) mass is 244 g/mol. The first-order valence-corrected chi connectivity index (χ1v) is 5.72. The molecule has 4 heteroatoms. The average molecular weight is 244 g/mol. The molecule has 0 aliphatic rings. The molecule has 18 heavy (non-hydrogen) atoms. The molecule has 2 aromatic heterocycles. The number of aliphatic hydroxyl groups is 2. The Morgan fingerprint density at radius 3 is 1.50 bits per heavy atom. The van der Waals surface area contributed by atoms with Gasteiger partial charge in [0.05, 0.1) is 0 Å². The molecule has 2 atom stereocenters. The molecule has 0 radical (unpaired) electrons. The van der Waals surface area contributed by atoms with Crippen molar-refractivity contribution >= 4 is 0 Å². The van der Waals surface area contributed by atoms with Crippen molar-refractivity contribution < 1.29 is 10.2 Å². The highest BCUT2D eigenvalue weighted by Crippen LogP contribution is 2.39. The summed E-state index contributed by atoms with van der Waals surface area (Å²) in [6.07, 6.45) is 6.34. The molecule has 0 fully saturated rings. The van der Waals surface area contributed by atoms with Gasteiger partial charge < -0.3 is 10.2 Å². The SMILES string of the molecule is C[C@](O)(c1cccnc1)[C@@](C)(O)c1cccnc1. The molecule has 2 aromatic rings. The second-order valence-electron chi connectivity index (χ2n) is 4.63. The van der Waals surface area contributed by atoms with E-state index < -0.39 is 11.2 Å². The highest BCUT2D eigenvalue weighted by molar-refractivity contribution is 5.29. The maximum atomic E-state index is 10.6.